The second kappa shape index (κ2) is 6.11. The quantitative estimate of drug-likeness (QED) is 0.881. The summed E-state index contributed by atoms with van der Waals surface area (Å²) in [5.41, 5.74) is 5.89. The number of rotatable bonds is 2. The van der Waals surface area contributed by atoms with Gasteiger partial charge in [0.1, 0.15) is 11.4 Å². The van der Waals surface area contributed by atoms with Crippen LogP contribution in [0.3, 0.4) is 0 Å². The lowest BCUT2D eigenvalue weighted by Gasteiger charge is -2.43. The highest BCUT2D eigenvalue weighted by atomic mass is 15.6. The van der Waals surface area contributed by atoms with Gasteiger partial charge in [-0.2, -0.15) is 5.26 Å². The summed E-state index contributed by atoms with van der Waals surface area (Å²) in [6, 6.07) is 10.6. The van der Waals surface area contributed by atoms with E-state index < -0.39 is 5.41 Å². The molecule has 5 nitrogen and oxygen atoms in total. The molecule has 0 amide bonds. The maximum atomic E-state index is 9.39. The van der Waals surface area contributed by atoms with E-state index in [-0.39, 0.29) is 5.54 Å². The van der Waals surface area contributed by atoms with Gasteiger partial charge in [0.05, 0.1) is 22.9 Å². The molecule has 138 valence electrons. The van der Waals surface area contributed by atoms with Crippen LogP contribution >= 0.6 is 0 Å². The van der Waals surface area contributed by atoms with Gasteiger partial charge in [0.2, 0.25) is 0 Å². The topological polar surface area (TPSA) is 54.7 Å². The van der Waals surface area contributed by atoms with Gasteiger partial charge in [0, 0.05) is 26.6 Å². The molecule has 2 aliphatic heterocycles. The van der Waals surface area contributed by atoms with Crippen LogP contribution in [0.25, 0.3) is 0 Å². The van der Waals surface area contributed by atoms with Crippen LogP contribution in [-0.4, -0.2) is 36.9 Å². The van der Waals surface area contributed by atoms with Gasteiger partial charge >= 0.3 is 0 Å². The average Bonchev–Trinajstić information content (AvgIpc) is 3.05. The number of allylic oxidation sites excluding steroid dienone is 2. The van der Waals surface area contributed by atoms with E-state index in [1.165, 1.54) is 0 Å². The van der Waals surface area contributed by atoms with Crippen molar-refractivity contribution in [2.45, 2.75) is 24.8 Å². The van der Waals surface area contributed by atoms with Gasteiger partial charge in [-0.25, -0.2) is 10.4 Å². The maximum absolute atomic E-state index is 9.39. The molecule has 1 aromatic carbocycles. The van der Waals surface area contributed by atoms with Gasteiger partial charge in [-0.05, 0) is 49.8 Å². The van der Waals surface area contributed by atoms with Gasteiger partial charge < -0.3 is 4.90 Å². The normalized spacial score (nSPS) is 26.0. The molecule has 1 fully saturated rings. The van der Waals surface area contributed by atoms with Gasteiger partial charge in [-0.15, -0.1) is 0 Å². The summed E-state index contributed by atoms with van der Waals surface area (Å²) in [5.74, 6) is 1.27. The number of nitriles is 1. The summed E-state index contributed by atoms with van der Waals surface area (Å²) in [6.45, 7) is 4.74. The van der Waals surface area contributed by atoms with Crippen molar-refractivity contribution in [3.8, 4) is 6.07 Å². The largest absolute Gasteiger partial charge is 0.363 e. The van der Waals surface area contributed by atoms with Crippen molar-refractivity contribution in [2.75, 3.05) is 25.6 Å². The van der Waals surface area contributed by atoms with Crippen LogP contribution in [0, 0.1) is 17.2 Å². The van der Waals surface area contributed by atoms with Gasteiger partial charge in [-0.1, -0.05) is 24.3 Å². The first-order chi connectivity index (χ1) is 12.9. The molecule has 0 saturated carbocycles. The summed E-state index contributed by atoms with van der Waals surface area (Å²) in [5, 5.41) is 11.6. The van der Waals surface area contributed by atoms with Gasteiger partial charge in [-0.3, -0.25) is 5.01 Å². The molecule has 2 heterocycles. The Morgan fingerprint density at radius 2 is 2.04 bits per heavy atom. The molecule has 0 aromatic heterocycles. The monoisotopic (exact) mass is 359 g/mol. The fraction of sp³-hybridized carbons (Fsp3) is 0.364. The number of anilines is 1. The Hall–Kier alpha value is -2.84. The van der Waals surface area contributed by atoms with E-state index in [2.05, 4.69) is 59.0 Å². The molecule has 0 bridgehead atoms. The Labute approximate surface area is 161 Å². The van der Waals surface area contributed by atoms with Crippen molar-refractivity contribution in [3.05, 3.63) is 65.9 Å². The van der Waals surface area contributed by atoms with Crippen LogP contribution in [0.5, 0.6) is 0 Å². The molecule has 2 unspecified atom stereocenters. The summed E-state index contributed by atoms with van der Waals surface area (Å²) >= 11 is 0. The second-order valence-corrected chi connectivity index (χ2v) is 8.05. The Morgan fingerprint density at radius 3 is 2.70 bits per heavy atom. The van der Waals surface area contributed by atoms with Crippen LogP contribution < -0.4 is 10.4 Å². The van der Waals surface area contributed by atoms with Gasteiger partial charge in [0.15, 0.2) is 0 Å². The lowest BCUT2D eigenvalue weighted by atomic mass is 9.77. The molecule has 0 radical (unpaired) electrons. The number of hydrazine groups is 1. The molecule has 1 saturated heterocycles. The van der Waals surface area contributed by atoms with Gasteiger partial charge in [0.25, 0.3) is 0 Å². The van der Waals surface area contributed by atoms with E-state index >= 15 is 0 Å². The first kappa shape index (κ1) is 17.6. The number of nitrogens with one attached hydrogen (secondary N) is 1. The molecule has 1 spiro atoms. The molecule has 2 atom stereocenters. The van der Waals surface area contributed by atoms with Crippen LogP contribution in [0.2, 0.25) is 0 Å². The average molecular weight is 359 g/mol. The number of amidine groups is 1. The summed E-state index contributed by atoms with van der Waals surface area (Å²) in [4.78, 5) is 6.95. The molecular formula is C22H25N5. The third-order valence-electron chi connectivity index (χ3n) is 5.72. The van der Waals surface area contributed by atoms with E-state index in [9.17, 15) is 5.26 Å². The molecule has 3 aliphatic rings. The highest BCUT2D eigenvalue weighted by molar-refractivity contribution is 5.95. The van der Waals surface area contributed by atoms with Crippen molar-refractivity contribution in [1.82, 2.24) is 10.3 Å². The zero-order valence-electron chi connectivity index (χ0n) is 16.3. The number of likely N-dealkylation sites (N-methyl/N-ethyl adjacent to an activating group) is 1. The third-order valence-corrected chi connectivity index (χ3v) is 5.72. The summed E-state index contributed by atoms with van der Waals surface area (Å²) < 4.78 is 0. The SMILES string of the molecule is CN(C)C1=NC2=CC=CC3CNN(c4ccc(C(C)(C)C#N)cc4)C23C=C1. The number of hydrogen-bond acceptors (Lipinski definition) is 5. The van der Waals surface area contributed by atoms with Crippen molar-refractivity contribution in [1.29, 1.82) is 5.26 Å². The van der Waals surface area contributed by atoms with E-state index in [4.69, 9.17) is 4.99 Å². The maximum Gasteiger partial charge on any atom is 0.128 e. The van der Waals surface area contributed by atoms with E-state index in [0.717, 1.165) is 29.3 Å². The van der Waals surface area contributed by atoms with E-state index in [1.807, 2.05) is 45.0 Å². The Bertz CT molecular complexity index is 911. The van der Waals surface area contributed by atoms with Crippen LogP contribution in [0.15, 0.2) is 65.3 Å². The van der Waals surface area contributed by atoms with E-state index in [0.29, 0.717) is 5.92 Å². The lowest BCUT2D eigenvalue weighted by molar-refractivity contribution is 0.497. The lowest BCUT2D eigenvalue weighted by Crippen LogP contribution is -2.52. The summed E-state index contributed by atoms with van der Waals surface area (Å²) in [7, 11) is 4.02. The highest BCUT2D eigenvalue weighted by Crippen LogP contribution is 2.45. The molecule has 1 N–H and O–H groups in total. The Balaban J connectivity index is 1.74. The number of aliphatic imine (C=N–C) groups is 1. The first-order valence-corrected chi connectivity index (χ1v) is 9.28. The van der Waals surface area contributed by atoms with Crippen LogP contribution in [0.1, 0.15) is 19.4 Å². The Kier molecular flexibility index (Phi) is 3.97. The molecule has 5 heteroatoms. The fourth-order valence-electron chi connectivity index (χ4n) is 3.99. The fourth-order valence-corrected chi connectivity index (χ4v) is 3.99. The second-order valence-electron chi connectivity index (χ2n) is 8.05. The number of hydrogen-bond donors (Lipinski definition) is 1. The molecule has 27 heavy (non-hydrogen) atoms. The highest BCUT2D eigenvalue weighted by Gasteiger charge is 2.51. The van der Waals surface area contributed by atoms with E-state index in [1.54, 1.807) is 0 Å². The smallest absolute Gasteiger partial charge is 0.128 e. The predicted molar refractivity (Wildman–Crippen MR) is 109 cm³/mol. The molecule has 1 aromatic rings. The van der Waals surface area contributed by atoms with Crippen molar-refractivity contribution in [3.63, 3.8) is 0 Å². The zero-order chi connectivity index (χ0) is 19.2. The Morgan fingerprint density at radius 1 is 1.30 bits per heavy atom. The van der Waals surface area contributed by atoms with Crippen LogP contribution in [0.4, 0.5) is 5.69 Å². The minimum atomic E-state index is -0.494. The minimum Gasteiger partial charge on any atom is -0.363 e. The molecule has 4 rings (SSSR count). The molecular weight excluding hydrogens is 334 g/mol. The predicted octanol–water partition coefficient (Wildman–Crippen LogP) is 3.15. The molecule has 1 aliphatic carbocycles. The third kappa shape index (κ3) is 2.60. The number of benzene rings is 1. The number of nitrogens with zero attached hydrogens (tertiary/aromatic N) is 4. The van der Waals surface area contributed by atoms with Crippen molar-refractivity contribution in [2.24, 2.45) is 10.9 Å². The minimum absolute atomic E-state index is 0.316. The zero-order valence-corrected chi connectivity index (χ0v) is 16.3. The van der Waals surface area contributed by atoms with Crippen molar-refractivity contribution < 1.29 is 0 Å². The number of dihydropyridines is 1. The first-order valence-electron chi connectivity index (χ1n) is 9.28. The summed E-state index contributed by atoms with van der Waals surface area (Å²) in [6.07, 6.45) is 10.8. The standard InChI is InChI=1S/C22H25N5/c1-21(2,15-23)16-8-10-18(11-9-16)27-22-13-12-20(26(3)4)25-19(22)7-5-6-17(22)14-24-27/h5-13,17,24H,14H2,1-4H3. The van der Waals surface area contributed by atoms with Crippen molar-refractivity contribution >= 4 is 11.5 Å². The van der Waals surface area contributed by atoms with Crippen LogP contribution in [-0.2, 0) is 5.41 Å².